The van der Waals surface area contributed by atoms with E-state index in [0.29, 0.717) is 0 Å². The fraction of sp³-hybridized carbons (Fsp3) is 0.500. The number of aromatic amines is 1. The van der Waals surface area contributed by atoms with Gasteiger partial charge < -0.3 is 34.5 Å². The molecular formula is C26H34FN4O9P. The molecule has 0 spiro atoms. The molecule has 0 radical (unpaired) electrons. The van der Waals surface area contributed by atoms with Gasteiger partial charge in [-0.2, -0.15) is 4.98 Å². The number of H-pyrrole nitrogens is 1. The molecule has 224 valence electrons. The average molecular weight is 597 g/mol. The van der Waals surface area contributed by atoms with Crippen molar-refractivity contribution in [3.8, 4) is 5.75 Å². The van der Waals surface area contributed by atoms with Crippen LogP contribution in [0.25, 0.3) is 11.0 Å². The van der Waals surface area contributed by atoms with Crippen molar-refractivity contribution in [2.45, 2.75) is 63.9 Å². The van der Waals surface area contributed by atoms with Gasteiger partial charge in [-0.15, -0.1) is 0 Å². The van der Waals surface area contributed by atoms with Crippen LogP contribution in [0.2, 0.25) is 0 Å². The third-order valence-corrected chi connectivity index (χ3v) is 8.77. The van der Waals surface area contributed by atoms with E-state index in [1.807, 2.05) is 0 Å². The SMILES string of the molecule is CC(C)OC(=O)[C@H](C)C[P@@](=O)(Oc1ccccc1)O[C@@H](C)[C@H]1O[C@@H](n2ccc3c(=O)[nH]c(N)nc32)C(O)(CF)[C@H]1O. The lowest BCUT2D eigenvalue weighted by Crippen LogP contribution is -2.50. The van der Waals surface area contributed by atoms with Gasteiger partial charge in [0.2, 0.25) is 5.95 Å². The van der Waals surface area contributed by atoms with Crippen LogP contribution in [-0.4, -0.2) is 73.6 Å². The first kappa shape index (κ1) is 30.7. The van der Waals surface area contributed by atoms with Gasteiger partial charge in [-0.05, 0) is 39.0 Å². The summed E-state index contributed by atoms with van der Waals surface area (Å²) in [6.07, 6.45) is -5.57. The molecule has 0 bridgehead atoms. The number of rotatable bonds is 11. The Morgan fingerprint density at radius 2 is 1.95 bits per heavy atom. The van der Waals surface area contributed by atoms with E-state index >= 15 is 0 Å². The van der Waals surface area contributed by atoms with E-state index in [0.717, 1.165) is 0 Å². The molecule has 4 rings (SSSR count). The number of anilines is 1. The monoisotopic (exact) mass is 596 g/mol. The molecule has 5 N–H and O–H groups in total. The van der Waals surface area contributed by atoms with Gasteiger partial charge in [-0.3, -0.25) is 19.1 Å². The second-order valence-electron chi connectivity index (χ2n) is 10.3. The largest absolute Gasteiger partial charge is 0.463 e. The molecule has 0 aliphatic carbocycles. The zero-order chi connectivity index (χ0) is 30.1. The number of nitrogen functional groups attached to an aromatic ring is 1. The van der Waals surface area contributed by atoms with E-state index in [1.165, 1.54) is 30.7 Å². The fourth-order valence-electron chi connectivity index (χ4n) is 4.66. The Hall–Kier alpha value is -3.29. The summed E-state index contributed by atoms with van der Waals surface area (Å²) >= 11 is 0. The number of para-hydroxylation sites is 1. The first-order valence-electron chi connectivity index (χ1n) is 13.0. The van der Waals surface area contributed by atoms with Gasteiger partial charge in [0, 0.05) is 6.20 Å². The summed E-state index contributed by atoms with van der Waals surface area (Å²) in [5.41, 5.74) is 2.58. The van der Waals surface area contributed by atoms with Gasteiger partial charge in [-0.1, -0.05) is 25.1 Å². The molecule has 1 aliphatic rings. The van der Waals surface area contributed by atoms with Crippen LogP contribution < -0.4 is 15.8 Å². The molecule has 15 heteroatoms. The summed E-state index contributed by atoms with van der Waals surface area (Å²) in [6.45, 7) is 4.82. The molecule has 1 unspecified atom stereocenters. The Labute approximate surface area is 234 Å². The number of benzene rings is 1. The molecule has 41 heavy (non-hydrogen) atoms. The third-order valence-electron chi connectivity index (χ3n) is 6.63. The summed E-state index contributed by atoms with van der Waals surface area (Å²) in [5, 5.41) is 22.4. The predicted octanol–water partition coefficient (Wildman–Crippen LogP) is 2.53. The highest BCUT2D eigenvalue weighted by atomic mass is 31.2. The Morgan fingerprint density at radius 3 is 2.59 bits per heavy atom. The quantitative estimate of drug-likeness (QED) is 0.188. The van der Waals surface area contributed by atoms with E-state index in [1.54, 1.807) is 44.2 Å². The molecule has 3 aromatic rings. The van der Waals surface area contributed by atoms with Gasteiger partial charge in [0.15, 0.2) is 17.5 Å². The number of nitrogens with zero attached hydrogens (tertiary/aromatic N) is 2. The number of aromatic nitrogens is 3. The second kappa shape index (κ2) is 11.9. The second-order valence-corrected chi connectivity index (χ2v) is 12.3. The van der Waals surface area contributed by atoms with Crippen molar-refractivity contribution < 1.29 is 42.5 Å². The number of nitrogens with two attached hydrogens (primary N) is 1. The minimum absolute atomic E-state index is 0.0138. The molecule has 1 aliphatic heterocycles. The molecule has 1 fully saturated rings. The standard InChI is InChI=1S/C26H34FN4O9P/c1-14(2)37-23(34)15(3)12-41(36,40-17-8-6-5-7-9-17)39-16(4)19-20(32)26(35,13-27)24(38-19)31-11-10-18-21(31)29-25(28)30-22(18)33/h5-11,14-16,19-20,24,32,35H,12-13H2,1-4H3,(H3,28,29,30,33)/t15-,16+,19-,20+,24-,26?,41+/m1/s1. The predicted molar refractivity (Wildman–Crippen MR) is 146 cm³/mol. The highest BCUT2D eigenvalue weighted by molar-refractivity contribution is 7.54. The molecule has 7 atom stereocenters. The zero-order valence-electron chi connectivity index (χ0n) is 23.0. The van der Waals surface area contributed by atoms with Gasteiger partial charge in [0.1, 0.15) is 24.6 Å². The molecular weight excluding hydrogens is 562 g/mol. The number of hydrogen-bond donors (Lipinski definition) is 4. The smallest absolute Gasteiger partial charge is 0.380 e. The van der Waals surface area contributed by atoms with E-state index in [-0.39, 0.29) is 28.9 Å². The number of alkyl halides is 1. The maximum Gasteiger partial charge on any atom is 0.380 e. The minimum atomic E-state index is -4.16. The van der Waals surface area contributed by atoms with Crippen LogP contribution in [0.1, 0.15) is 33.9 Å². The van der Waals surface area contributed by atoms with Crippen molar-refractivity contribution in [1.29, 1.82) is 0 Å². The van der Waals surface area contributed by atoms with Gasteiger partial charge in [0.25, 0.3) is 5.56 Å². The van der Waals surface area contributed by atoms with E-state index in [9.17, 15) is 28.8 Å². The summed E-state index contributed by atoms with van der Waals surface area (Å²) in [5.74, 6) is -1.53. The van der Waals surface area contributed by atoms with Crippen molar-refractivity contribution in [2.24, 2.45) is 5.92 Å². The number of nitrogens with one attached hydrogen (secondary N) is 1. The molecule has 1 aromatic carbocycles. The van der Waals surface area contributed by atoms with Crippen LogP contribution in [0, 0.1) is 5.92 Å². The van der Waals surface area contributed by atoms with Gasteiger partial charge in [0.05, 0.1) is 29.7 Å². The minimum Gasteiger partial charge on any atom is -0.463 e. The average Bonchev–Trinajstić information content (AvgIpc) is 3.42. The lowest BCUT2D eigenvalue weighted by atomic mass is 9.93. The van der Waals surface area contributed by atoms with Crippen LogP contribution in [0.4, 0.5) is 10.3 Å². The Morgan fingerprint density at radius 1 is 1.27 bits per heavy atom. The first-order chi connectivity index (χ1) is 19.3. The number of ether oxygens (including phenoxy) is 2. The highest BCUT2D eigenvalue weighted by Crippen LogP contribution is 2.53. The van der Waals surface area contributed by atoms with Crippen LogP contribution in [0.5, 0.6) is 5.75 Å². The highest BCUT2D eigenvalue weighted by Gasteiger charge is 2.59. The number of aliphatic hydroxyl groups excluding tert-OH is 1. The number of aliphatic hydroxyl groups is 2. The van der Waals surface area contributed by atoms with Crippen molar-refractivity contribution >= 4 is 30.5 Å². The van der Waals surface area contributed by atoms with Crippen LogP contribution >= 0.6 is 7.60 Å². The summed E-state index contributed by atoms with van der Waals surface area (Å²) < 4.78 is 52.3. The van der Waals surface area contributed by atoms with Crippen LogP contribution in [0.15, 0.2) is 47.4 Å². The Kier molecular flexibility index (Phi) is 8.90. The molecule has 0 saturated carbocycles. The van der Waals surface area contributed by atoms with Gasteiger partial charge >= 0.3 is 13.6 Å². The number of halogens is 1. The first-order valence-corrected chi connectivity index (χ1v) is 14.7. The van der Waals surface area contributed by atoms with E-state index in [4.69, 9.17) is 24.3 Å². The summed E-state index contributed by atoms with van der Waals surface area (Å²) in [6, 6.07) is 9.51. The number of hydrogen-bond acceptors (Lipinski definition) is 11. The molecule has 1 saturated heterocycles. The van der Waals surface area contributed by atoms with E-state index < -0.39 is 68.0 Å². The number of fused-ring (bicyclic) bond motifs is 1. The number of esters is 1. The fourth-order valence-corrected chi connectivity index (χ4v) is 6.75. The van der Waals surface area contributed by atoms with Gasteiger partial charge in [-0.25, -0.2) is 8.96 Å². The normalized spacial score (nSPS) is 25.6. The molecule has 2 aromatic heterocycles. The topological polar surface area (TPSA) is 188 Å². The maximum atomic E-state index is 14.4. The Bertz CT molecular complexity index is 1480. The number of carbonyl (C=O) groups excluding carboxylic acids is 1. The lowest BCUT2D eigenvalue weighted by Gasteiger charge is -2.30. The molecule has 0 amide bonds. The molecule has 3 heterocycles. The third kappa shape index (κ3) is 6.31. The van der Waals surface area contributed by atoms with Crippen molar-refractivity contribution in [3.05, 3.63) is 52.9 Å². The lowest BCUT2D eigenvalue weighted by molar-refractivity contribution is -0.151. The van der Waals surface area contributed by atoms with Crippen molar-refractivity contribution in [2.75, 3.05) is 18.6 Å². The summed E-state index contributed by atoms with van der Waals surface area (Å²) in [4.78, 5) is 31.2. The Balaban J connectivity index is 1.63. The zero-order valence-corrected chi connectivity index (χ0v) is 23.9. The van der Waals surface area contributed by atoms with E-state index in [2.05, 4.69) is 9.97 Å². The maximum absolute atomic E-state index is 14.4. The van der Waals surface area contributed by atoms with Crippen LogP contribution in [0.3, 0.4) is 0 Å². The summed E-state index contributed by atoms with van der Waals surface area (Å²) in [7, 11) is -4.16. The van der Waals surface area contributed by atoms with Crippen LogP contribution in [-0.2, 0) is 23.4 Å². The van der Waals surface area contributed by atoms with Crippen molar-refractivity contribution in [3.63, 3.8) is 0 Å². The van der Waals surface area contributed by atoms with Crippen molar-refractivity contribution in [1.82, 2.24) is 14.5 Å². The molecule has 13 nitrogen and oxygen atoms in total. The number of carbonyl (C=O) groups is 1.